The molecule has 0 unspecified atom stereocenters. The van der Waals surface area contributed by atoms with Gasteiger partial charge >= 0.3 is 0 Å². The first-order valence-electron chi connectivity index (χ1n) is 6.46. The fraction of sp³-hybridized carbons (Fsp3) is 0.538. The Morgan fingerprint density at radius 1 is 1.25 bits per heavy atom. The van der Waals surface area contributed by atoms with E-state index in [1.54, 1.807) is 7.05 Å². The van der Waals surface area contributed by atoms with E-state index in [1.807, 2.05) is 25.1 Å². The highest BCUT2D eigenvalue weighted by molar-refractivity contribution is 5.63. The lowest BCUT2D eigenvalue weighted by molar-refractivity contribution is -0.384. The second-order valence-electron chi connectivity index (χ2n) is 4.62. The zero-order valence-corrected chi connectivity index (χ0v) is 12.2. The fourth-order valence-electron chi connectivity index (χ4n) is 1.58. The normalized spacial score (nSPS) is 10.6. The number of nitrogens with one attached hydrogen (secondary N) is 2. The zero-order chi connectivity index (χ0) is 15.0. The second-order valence-corrected chi connectivity index (χ2v) is 4.62. The van der Waals surface area contributed by atoms with E-state index in [-0.39, 0.29) is 5.69 Å². The Morgan fingerprint density at radius 3 is 2.55 bits per heavy atom. The molecular weight excluding hydrogens is 260 g/mol. The molecule has 2 N–H and O–H groups in total. The van der Waals surface area contributed by atoms with E-state index in [1.165, 1.54) is 12.1 Å². The van der Waals surface area contributed by atoms with E-state index < -0.39 is 4.92 Å². The lowest BCUT2D eigenvalue weighted by atomic mass is 10.2. The number of likely N-dealkylation sites (N-methyl/N-ethyl adjacent to an activating group) is 1. The van der Waals surface area contributed by atoms with Crippen LogP contribution in [0.5, 0.6) is 0 Å². The molecular formula is C13H22N4O3. The molecule has 0 saturated carbocycles. The standard InChI is InChI=1S/C13H22N4O3/c1-14-11-8-12(10-13(9-11)17(18)19)15-4-6-20-7-5-16(2)3/h8-10,14-15H,4-7H2,1-3H3. The summed E-state index contributed by atoms with van der Waals surface area (Å²) in [6.07, 6.45) is 0. The highest BCUT2D eigenvalue weighted by Crippen LogP contribution is 2.23. The first kappa shape index (κ1) is 16.2. The van der Waals surface area contributed by atoms with E-state index in [4.69, 9.17) is 4.74 Å². The predicted octanol–water partition coefficient (Wildman–Crippen LogP) is 1.63. The Balaban J connectivity index is 2.43. The molecule has 7 nitrogen and oxygen atoms in total. The van der Waals surface area contributed by atoms with Gasteiger partial charge in [-0.05, 0) is 20.2 Å². The summed E-state index contributed by atoms with van der Waals surface area (Å²) in [6, 6.07) is 4.84. The van der Waals surface area contributed by atoms with Crippen LogP contribution in [0.4, 0.5) is 17.1 Å². The predicted molar refractivity (Wildman–Crippen MR) is 80.5 cm³/mol. The van der Waals surface area contributed by atoms with Gasteiger partial charge in [-0.25, -0.2) is 0 Å². The van der Waals surface area contributed by atoms with Crippen LogP contribution in [-0.2, 0) is 4.74 Å². The van der Waals surface area contributed by atoms with Crippen LogP contribution in [0.1, 0.15) is 0 Å². The Kier molecular flexibility index (Phi) is 6.75. The molecule has 0 aromatic heterocycles. The van der Waals surface area contributed by atoms with Crippen LogP contribution in [0, 0.1) is 10.1 Å². The molecule has 0 aliphatic carbocycles. The van der Waals surface area contributed by atoms with E-state index >= 15 is 0 Å². The molecule has 0 fully saturated rings. The third-order valence-electron chi connectivity index (χ3n) is 2.68. The van der Waals surface area contributed by atoms with Crippen molar-refractivity contribution in [2.75, 3.05) is 58.1 Å². The van der Waals surface area contributed by atoms with Crippen LogP contribution >= 0.6 is 0 Å². The number of hydrogen-bond acceptors (Lipinski definition) is 6. The Hall–Kier alpha value is -1.86. The molecule has 0 aliphatic rings. The molecule has 1 rings (SSSR count). The van der Waals surface area contributed by atoms with Gasteiger partial charge in [-0.2, -0.15) is 0 Å². The minimum Gasteiger partial charge on any atom is -0.388 e. The van der Waals surface area contributed by atoms with Crippen LogP contribution in [0.25, 0.3) is 0 Å². The Labute approximate surface area is 119 Å². The molecule has 0 amide bonds. The third-order valence-corrected chi connectivity index (χ3v) is 2.68. The van der Waals surface area contributed by atoms with Gasteiger partial charge < -0.3 is 20.3 Å². The molecule has 0 bridgehead atoms. The monoisotopic (exact) mass is 282 g/mol. The first-order chi connectivity index (χ1) is 9.52. The maximum atomic E-state index is 10.8. The van der Waals surface area contributed by atoms with Crippen molar-refractivity contribution in [2.45, 2.75) is 0 Å². The summed E-state index contributed by atoms with van der Waals surface area (Å²) in [6.45, 7) is 2.72. The number of nitrogens with zero attached hydrogens (tertiary/aromatic N) is 2. The SMILES string of the molecule is CNc1cc(NCCOCCN(C)C)cc([N+](=O)[O-])c1. The smallest absolute Gasteiger partial charge is 0.273 e. The van der Waals surface area contributed by atoms with E-state index in [0.717, 1.165) is 6.54 Å². The molecule has 0 aliphatic heterocycles. The number of nitro benzene ring substituents is 1. The number of non-ortho nitro benzene ring substituents is 1. The van der Waals surface area contributed by atoms with Crippen molar-refractivity contribution in [2.24, 2.45) is 0 Å². The topological polar surface area (TPSA) is 79.7 Å². The van der Waals surface area contributed by atoms with Crippen LogP contribution in [0.2, 0.25) is 0 Å². The molecule has 7 heteroatoms. The summed E-state index contributed by atoms with van der Waals surface area (Å²) in [4.78, 5) is 12.5. The maximum Gasteiger partial charge on any atom is 0.273 e. The van der Waals surface area contributed by atoms with Gasteiger partial charge in [-0.1, -0.05) is 0 Å². The van der Waals surface area contributed by atoms with Crippen molar-refractivity contribution >= 4 is 17.1 Å². The molecule has 0 saturated heterocycles. The summed E-state index contributed by atoms with van der Waals surface area (Å²) in [7, 11) is 5.71. The number of rotatable bonds is 9. The minimum absolute atomic E-state index is 0.0628. The molecule has 0 atom stereocenters. The van der Waals surface area contributed by atoms with Crippen molar-refractivity contribution in [1.29, 1.82) is 0 Å². The van der Waals surface area contributed by atoms with Crippen LogP contribution in [0.3, 0.4) is 0 Å². The van der Waals surface area contributed by atoms with E-state index in [9.17, 15) is 10.1 Å². The minimum atomic E-state index is -0.403. The Morgan fingerprint density at radius 2 is 1.95 bits per heavy atom. The van der Waals surface area contributed by atoms with Gasteiger partial charge in [0.05, 0.1) is 18.1 Å². The van der Waals surface area contributed by atoms with Crippen LogP contribution in [-0.4, -0.2) is 57.3 Å². The van der Waals surface area contributed by atoms with Crippen LogP contribution < -0.4 is 10.6 Å². The number of nitro groups is 1. The highest BCUT2D eigenvalue weighted by Gasteiger charge is 2.08. The quantitative estimate of drug-likeness (QED) is 0.407. The molecule has 1 aromatic carbocycles. The summed E-state index contributed by atoms with van der Waals surface area (Å²) in [5.74, 6) is 0. The van der Waals surface area contributed by atoms with Gasteiger partial charge in [-0.3, -0.25) is 10.1 Å². The fourth-order valence-corrected chi connectivity index (χ4v) is 1.58. The second kappa shape index (κ2) is 8.34. The summed E-state index contributed by atoms with van der Waals surface area (Å²) in [5.41, 5.74) is 1.47. The molecule has 0 radical (unpaired) electrons. The van der Waals surface area contributed by atoms with Crippen molar-refractivity contribution in [3.05, 3.63) is 28.3 Å². The van der Waals surface area contributed by atoms with Crippen molar-refractivity contribution < 1.29 is 9.66 Å². The molecule has 1 aromatic rings. The largest absolute Gasteiger partial charge is 0.388 e. The van der Waals surface area contributed by atoms with Crippen molar-refractivity contribution in [1.82, 2.24) is 4.90 Å². The lowest BCUT2D eigenvalue weighted by Crippen LogP contribution is -2.20. The van der Waals surface area contributed by atoms with Gasteiger partial charge in [0.15, 0.2) is 0 Å². The van der Waals surface area contributed by atoms with Gasteiger partial charge in [0, 0.05) is 43.6 Å². The molecule has 20 heavy (non-hydrogen) atoms. The summed E-state index contributed by atoms with van der Waals surface area (Å²) >= 11 is 0. The molecule has 0 heterocycles. The highest BCUT2D eigenvalue weighted by atomic mass is 16.6. The number of anilines is 2. The van der Waals surface area contributed by atoms with Gasteiger partial charge in [-0.15, -0.1) is 0 Å². The van der Waals surface area contributed by atoms with Gasteiger partial charge in [0.1, 0.15) is 0 Å². The first-order valence-corrected chi connectivity index (χ1v) is 6.46. The zero-order valence-electron chi connectivity index (χ0n) is 12.2. The summed E-state index contributed by atoms with van der Waals surface area (Å²) in [5, 5.41) is 16.8. The van der Waals surface area contributed by atoms with Gasteiger partial charge in [0.25, 0.3) is 5.69 Å². The lowest BCUT2D eigenvalue weighted by Gasteiger charge is -2.11. The van der Waals surface area contributed by atoms with E-state index in [2.05, 4.69) is 10.6 Å². The average Bonchev–Trinajstić information content (AvgIpc) is 2.41. The van der Waals surface area contributed by atoms with Crippen molar-refractivity contribution in [3.63, 3.8) is 0 Å². The van der Waals surface area contributed by atoms with E-state index in [0.29, 0.717) is 31.1 Å². The Bertz CT molecular complexity index is 438. The molecule has 0 spiro atoms. The maximum absolute atomic E-state index is 10.8. The third kappa shape index (κ3) is 5.85. The van der Waals surface area contributed by atoms with Crippen molar-refractivity contribution in [3.8, 4) is 0 Å². The number of hydrogen-bond donors (Lipinski definition) is 2. The molecule has 112 valence electrons. The number of benzene rings is 1. The number of ether oxygens (including phenoxy) is 1. The van der Waals surface area contributed by atoms with Crippen LogP contribution in [0.15, 0.2) is 18.2 Å². The average molecular weight is 282 g/mol. The van der Waals surface area contributed by atoms with Gasteiger partial charge in [0.2, 0.25) is 0 Å². The summed E-state index contributed by atoms with van der Waals surface area (Å²) < 4.78 is 5.45.